The lowest BCUT2D eigenvalue weighted by molar-refractivity contribution is 1.11. The number of rotatable bonds is 7. The van der Waals surface area contributed by atoms with Gasteiger partial charge in [0, 0.05) is 92.9 Å². The van der Waals surface area contributed by atoms with Gasteiger partial charge >= 0.3 is 0 Å². The van der Waals surface area contributed by atoms with Crippen molar-refractivity contribution in [1.29, 1.82) is 10.5 Å². The summed E-state index contributed by atoms with van der Waals surface area (Å²) in [5, 5.41) is 36.6. The largest absolute Gasteiger partial charge is 0.309 e. The minimum atomic E-state index is 0.478. The predicted octanol–water partition coefficient (Wildman–Crippen LogP) is 22.0. The molecule has 0 atom stereocenters. The Morgan fingerprint density at radius 1 is 0.221 bits per heavy atom. The summed E-state index contributed by atoms with van der Waals surface area (Å²) < 4.78 is 14.4. The molecule has 0 fully saturated rings. The third kappa shape index (κ3) is 7.50. The van der Waals surface area contributed by atoms with E-state index in [4.69, 9.17) is 0 Å². The van der Waals surface area contributed by atoms with E-state index in [1.165, 1.54) is 43.1 Å². The van der Waals surface area contributed by atoms with Crippen LogP contribution < -0.4 is 0 Å². The molecule has 0 amide bonds. The normalized spacial score (nSPS) is 12.0. The maximum Gasteiger partial charge on any atom is 0.0993 e. The van der Waals surface area contributed by atoms with Crippen LogP contribution in [-0.2, 0) is 0 Å². The molecule has 6 heterocycles. The average Bonchev–Trinajstić information content (AvgIpc) is 1.59. The zero-order chi connectivity index (χ0) is 62.7. The Labute approximate surface area is 543 Å². The lowest BCUT2D eigenvalue weighted by atomic mass is 9.95. The third-order valence-corrected chi connectivity index (χ3v) is 20.0. The molecule has 0 saturated carbocycles. The van der Waals surface area contributed by atoms with E-state index in [2.05, 4.69) is 332 Å². The highest BCUT2D eigenvalue weighted by atomic mass is 15.1. The highest BCUT2D eigenvalue weighted by Gasteiger charge is 2.27. The molecular formula is C87H52N8. The van der Waals surface area contributed by atoms with Crippen LogP contribution in [0, 0.1) is 29.6 Å². The molecule has 0 bridgehead atoms. The van der Waals surface area contributed by atoms with E-state index in [1.807, 2.05) is 12.1 Å². The highest BCUT2D eigenvalue weighted by Crippen LogP contribution is 2.47. The van der Waals surface area contributed by atoms with Gasteiger partial charge in [-0.25, -0.2) is 0 Å². The summed E-state index contributed by atoms with van der Waals surface area (Å²) in [5.74, 6) is 0. The summed E-state index contributed by atoms with van der Waals surface area (Å²) >= 11 is 0. The molecule has 0 N–H and O–H groups in total. The number of benzene rings is 14. The molecule has 0 aliphatic heterocycles. The fourth-order valence-corrected chi connectivity index (χ4v) is 16.2. The number of nitrogens with zero attached hydrogens (tertiary/aromatic N) is 8. The fourth-order valence-electron chi connectivity index (χ4n) is 16.2. The molecule has 8 heteroatoms. The first-order valence-corrected chi connectivity index (χ1v) is 32.2. The summed E-state index contributed by atoms with van der Waals surface area (Å²) in [5.41, 5.74) is 21.9. The maximum absolute atomic E-state index is 11.9. The molecule has 0 aliphatic carbocycles. The number of aromatic nitrogens is 6. The van der Waals surface area contributed by atoms with Crippen LogP contribution in [0.5, 0.6) is 0 Å². The Kier molecular flexibility index (Phi) is 11.0. The van der Waals surface area contributed by atoms with E-state index < -0.39 is 0 Å². The summed E-state index contributed by atoms with van der Waals surface area (Å²) in [6.45, 7) is 2.07. The topological polar surface area (TPSA) is 77.2 Å². The lowest BCUT2D eigenvalue weighted by Gasteiger charge is -2.22. The van der Waals surface area contributed by atoms with E-state index in [0.717, 1.165) is 139 Å². The van der Waals surface area contributed by atoms with Gasteiger partial charge < -0.3 is 27.4 Å². The molecule has 0 radical (unpaired) electrons. The van der Waals surface area contributed by atoms with Gasteiger partial charge in [0.05, 0.1) is 101 Å². The highest BCUT2D eigenvalue weighted by molar-refractivity contribution is 6.17. The quantitative estimate of drug-likeness (QED) is 0.159. The summed E-state index contributed by atoms with van der Waals surface area (Å²) in [6.07, 6.45) is 0. The second-order valence-corrected chi connectivity index (χ2v) is 25.2. The van der Waals surface area contributed by atoms with Crippen LogP contribution in [0.1, 0.15) is 16.7 Å². The predicted molar refractivity (Wildman–Crippen MR) is 392 cm³/mol. The first-order chi connectivity index (χ1) is 47.0. The van der Waals surface area contributed by atoms with Gasteiger partial charge in [0.25, 0.3) is 0 Å². The van der Waals surface area contributed by atoms with E-state index in [1.54, 1.807) is 0 Å². The molecule has 0 aliphatic rings. The lowest BCUT2D eigenvalue weighted by Crippen LogP contribution is -2.06. The SMILES string of the molecule is Cc1cc(C#N)cc(-c2c(-n3c4cc(-n5c6ccccc6c6ccccc65)ccc4c4ccc(-n5c6ccccc6c6ccccc65)cc43)cc(C#N)cc2-n2c3cc(-n4c5ccccc5c5ccccc54)ccc3c3ccc(-n4c5ccccc5c5ccccc54)cc32)c1. The van der Waals surface area contributed by atoms with E-state index in [-0.39, 0.29) is 0 Å². The minimum absolute atomic E-state index is 0.478. The number of para-hydroxylation sites is 8. The molecule has 0 saturated heterocycles. The van der Waals surface area contributed by atoms with Crippen molar-refractivity contribution in [2.75, 3.05) is 0 Å². The van der Waals surface area contributed by atoms with Gasteiger partial charge in [0.1, 0.15) is 0 Å². The third-order valence-electron chi connectivity index (χ3n) is 20.0. The molecule has 14 aromatic carbocycles. The molecule has 440 valence electrons. The summed E-state index contributed by atoms with van der Waals surface area (Å²) in [4.78, 5) is 0. The van der Waals surface area contributed by atoms with Crippen molar-refractivity contribution in [2.45, 2.75) is 6.92 Å². The average molecular weight is 1210 g/mol. The van der Waals surface area contributed by atoms with Crippen molar-refractivity contribution in [1.82, 2.24) is 27.4 Å². The fraction of sp³-hybridized carbons (Fsp3) is 0.0115. The Morgan fingerprint density at radius 3 is 0.705 bits per heavy atom. The number of aryl methyl sites for hydroxylation is 1. The first kappa shape index (κ1) is 52.6. The van der Waals surface area contributed by atoms with E-state index in [9.17, 15) is 10.5 Å². The Hall–Kier alpha value is -13.1. The van der Waals surface area contributed by atoms with Gasteiger partial charge in [0.15, 0.2) is 0 Å². The van der Waals surface area contributed by atoms with Gasteiger partial charge in [-0.15, -0.1) is 0 Å². The van der Waals surface area contributed by atoms with Crippen LogP contribution in [0.4, 0.5) is 0 Å². The van der Waals surface area contributed by atoms with Gasteiger partial charge in [-0.3, -0.25) is 0 Å². The van der Waals surface area contributed by atoms with Gasteiger partial charge in [-0.2, -0.15) is 10.5 Å². The summed E-state index contributed by atoms with van der Waals surface area (Å²) in [6, 6.07) is 112. The molecular weight excluding hydrogens is 1160 g/mol. The molecule has 20 rings (SSSR count). The molecule has 95 heavy (non-hydrogen) atoms. The number of nitriles is 2. The standard InChI is InChI=1S/C87H52N8/c1-53-42-54(51-88)44-56(43-53)87-85(94-81-47-57(90-73-26-10-2-18-61(73)62-19-3-11-27-74(62)90)34-38-69(81)70-39-35-58(48-82(70)94)91-75-28-12-4-20-63(75)64-21-5-13-29-76(64)91)45-55(52-89)46-86(87)95-83-49-59(92-77-30-14-6-22-65(77)66-23-7-15-31-78(66)92)36-40-71(83)72-41-37-60(50-84(72)95)93-79-32-16-8-24-67(79)68-25-9-17-33-80(68)93/h2-50H,1H3. The van der Waals surface area contributed by atoms with Crippen molar-refractivity contribution in [3.05, 3.63) is 314 Å². The maximum atomic E-state index is 11.9. The zero-order valence-corrected chi connectivity index (χ0v) is 51.4. The van der Waals surface area contributed by atoms with Gasteiger partial charge in [-0.05, 0) is 139 Å². The smallest absolute Gasteiger partial charge is 0.0993 e. The Morgan fingerprint density at radius 2 is 0.453 bits per heavy atom. The van der Waals surface area contributed by atoms with E-state index in [0.29, 0.717) is 11.1 Å². The van der Waals surface area contributed by atoms with Crippen molar-refractivity contribution >= 4 is 131 Å². The van der Waals surface area contributed by atoms with Gasteiger partial charge in [0.2, 0.25) is 0 Å². The second-order valence-electron chi connectivity index (χ2n) is 25.2. The molecule has 0 spiro atoms. The minimum Gasteiger partial charge on any atom is -0.309 e. The van der Waals surface area contributed by atoms with Crippen LogP contribution in [0.25, 0.3) is 176 Å². The molecule has 8 nitrogen and oxygen atoms in total. The van der Waals surface area contributed by atoms with E-state index >= 15 is 0 Å². The zero-order valence-electron chi connectivity index (χ0n) is 51.4. The Bertz CT molecular complexity index is 5910. The van der Waals surface area contributed by atoms with Crippen LogP contribution in [-0.4, -0.2) is 27.4 Å². The van der Waals surface area contributed by atoms with Crippen LogP contribution in [0.2, 0.25) is 0 Å². The van der Waals surface area contributed by atoms with Crippen molar-refractivity contribution in [2.24, 2.45) is 0 Å². The number of fused-ring (bicyclic) bond motifs is 18. The molecule has 20 aromatic rings. The van der Waals surface area contributed by atoms with Crippen molar-refractivity contribution in [3.63, 3.8) is 0 Å². The second kappa shape index (κ2) is 19.9. The van der Waals surface area contributed by atoms with Crippen LogP contribution >= 0.6 is 0 Å². The number of hydrogen-bond acceptors (Lipinski definition) is 2. The summed E-state index contributed by atoms with van der Waals surface area (Å²) in [7, 11) is 0. The van der Waals surface area contributed by atoms with Crippen molar-refractivity contribution < 1.29 is 0 Å². The van der Waals surface area contributed by atoms with Gasteiger partial charge in [-0.1, -0.05) is 176 Å². The van der Waals surface area contributed by atoms with Crippen LogP contribution in [0.3, 0.4) is 0 Å². The van der Waals surface area contributed by atoms with Crippen LogP contribution in [0.15, 0.2) is 297 Å². The monoisotopic (exact) mass is 1210 g/mol. The molecule has 0 unspecified atom stereocenters. The van der Waals surface area contributed by atoms with Crippen molar-refractivity contribution in [3.8, 4) is 57.4 Å². The first-order valence-electron chi connectivity index (χ1n) is 32.2. The molecule has 6 aromatic heterocycles. The number of hydrogen-bond donors (Lipinski definition) is 0. The Balaban J connectivity index is 0.958.